The Morgan fingerprint density at radius 3 is 2.93 bits per heavy atom. The second-order valence-corrected chi connectivity index (χ2v) is 4.46. The number of hydrogen-bond acceptors (Lipinski definition) is 3. The lowest BCUT2D eigenvalue weighted by Gasteiger charge is -2.13. The molecule has 1 heterocycles. The van der Waals surface area contributed by atoms with Crippen molar-refractivity contribution in [3.8, 4) is 0 Å². The van der Waals surface area contributed by atoms with Gasteiger partial charge in [0.25, 0.3) is 0 Å². The van der Waals surface area contributed by atoms with Crippen LogP contribution in [-0.2, 0) is 6.54 Å². The molecule has 86 valence electrons. The van der Waals surface area contributed by atoms with E-state index < -0.39 is 0 Å². The van der Waals surface area contributed by atoms with Crippen molar-refractivity contribution < 1.29 is 9.52 Å². The molecular formula is C11H18BrNO2. The number of hydrogen-bond donors (Lipinski definition) is 2. The van der Waals surface area contributed by atoms with E-state index in [0.29, 0.717) is 5.92 Å². The predicted octanol–water partition coefficient (Wildman–Crippen LogP) is 2.54. The average molecular weight is 276 g/mol. The fraction of sp³-hybridized carbons (Fsp3) is 0.636. The molecule has 0 aliphatic rings. The number of halogens is 1. The minimum Gasteiger partial charge on any atom is -0.467 e. The summed E-state index contributed by atoms with van der Waals surface area (Å²) in [6.07, 6.45) is 3.63. The van der Waals surface area contributed by atoms with Gasteiger partial charge in [0.15, 0.2) is 0 Å². The van der Waals surface area contributed by atoms with E-state index in [1.165, 1.54) is 0 Å². The van der Waals surface area contributed by atoms with Crippen LogP contribution in [0.2, 0.25) is 0 Å². The monoisotopic (exact) mass is 275 g/mol. The van der Waals surface area contributed by atoms with E-state index in [1.807, 2.05) is 6.07 Å². The van der Waals surface area contributed by atoms with E-state index in [9.17, 15) is 0 Å². The van der Waals surface area contributed by atoms with Crippen LogP contribution in [0.15, 0.2) is 21.2 Å². The molecule has 0 saturated carbocycles. The summed E-state index contributed by atoms with van der Waals surface area (Å²) in [5, 5.41) is 12.2. The van der Waals surface area contributed by atoms with Crippen molar-refractivity contribution in [1.29, 1.82) is 0 Å². The number of nitrogens with one attached hydrogen (secondary N) is 1. The van der Waals surface area contributed by atoms with Gasteiger partial charge in [-0.25, -0.2) is 0 Å². The number of furan rings is 1. The second-order valence-electron chi connectivity index (χ2n) is 3.61. The van der Waals surface area contributed by atoms with Gasteiger partial charge in [-0.3, -0.25) is 0 Å². The van der Waals surface area contributed by atoms with Crippen molar-refractivity contribution >= 4 is 15.9 Å². The predicted molar refractivity (Wildman–Crippen MR) is 63.6 cm³/mol. The molecule has 2 N–H and O–H groups in total. The largest absolute Gasteiger partial charge is 0.467 e. The van der Waals surface area contributed by atoms with Crippen LogP contribution in [0.25, 0.3) is 0 Å². The molecule has 0 fully saturated rings. The quantitative estimate of drug-likeness (QED) is 0.804. The molecular weight excluding hydrogens is 258 g/mol. The SMILES string of the molecule is CCC(CCO)CNCc1occc1Br. The number of rotatable bonds is 7. The molecule has 1 aromatic rings. The Morgan fingerprint density at radius 1 is 1.60 bits per heavy atom. The standard InChI is InChI=1S/C11H18BrNO2/c1-2-9(3-5-14)7-13-8-11-10(12)4-6-15-11/h4,6,9,13-14H,2-3,5,7-8H2,1H3. The number of aliphatic hydroxyl groups excluding tert-OH is 1. The van der Waals surface area contributed by atoms with Crippen LogP contribution < -0.4 is 5.32 Å². The minimum atomic E-state index is 0.268. The summed E-state index contributed by atoms with van der Waals surface area (Å²) in [5.74, 6) is 1.47. The fourth-order valence-corrected chi connectivity index (χ4v) is 1.82. The van der Waals surface area contributed by atoms with Crippen LogP contribution in [0.3, 0.4) is 0 Å². The van der Waals surface area contributed by atoms with Crippen molar-refractivity contribution in [2.45, 2.75) is 26.3 Å². The van der Waals surface area contributed by atoms with Crippen LogP contribution in [0, 0.1) is 5.92 Å². The van der Waals surface area contributed by atoms with E-state index in [2.05, 4.69) is 28.2 Å². The third-order valence-electron chi connectivity index (χ3n) is 2.52. The first kappa shape index (κ1) is 12.7. The maximum absolute atomic E-state index is 8.84. The molecule has 0 saturated heterocycles. The molecule has 0 aliphatic carbocycles. The lowest BCUT2D eigenvalue weighted by molar-refractivity contribution is 0.250. The molecule has 0 aromatic carbocycles. The highest BCUT2D eigenvalue weighted by Crippen LogP contribution is 2.17. The first-order valence-corrected chi connectivity index (χ1v) is 6.10. The van der Waals surface area contributed by atoms with E-state index in [1.54, 1.807) is 6.26 Å². The Labute approximate surface area is 99.0 Å². The van der Waals surface area contributed by atoms with Crippen LogP contribution in [0.1, 0.15) is 25.5 Å². The molecule has 1 atom stereocenters. The van der Waals surface area contributed by atoms with Gasteiger partial charge in [-0.1, -0.05) is 13.3 Å². The van der Waals surface area contributed by atoms with E-state index in [-0.39, 0.29) is 6.61 Å². The topological polar surface area (TPSA) is 45.4 Å². The summed E-state index contributed by atoms with van der Waals surface area (Å²) >= 11 is 3.41. The van der Waals surface area contributed by atoms with Crippen molar-refractivity contribution in [3.63, 3.8) is 0 Å². The molecule has 0 spiro atoms. The summed E-state index contributed by atoms with van der Waals surface area (Å²) in [5.41, 5.74) is 0. The molecule has 4 heteroatoms. The lowest BCUT2D eigenvalue weighted by atomic mass is 10.0. The van der Waals surface area contributed by atoms with Crippen molar-refractivity contribution in [1.82, 2.24) is 5.32 Å². The Balaban J connectivity index is 2.23. The van der Waals surface area contributed by atoms with E-state index >= 15 is 0 Å². The summed E-state index contributed by atoms with van der Waals surface area (Å²) < 4.78 is 6.29. The summed E-state index contributed by atoms with van der Waals surface area (Å²) in [7, 11) is 0. The zero-order valence-electron chi connectivity index (χ0n) is 9.00. The minimum absolute atomic E-state index is 0.268. The van der Waals surface area contributed by atoms with Crippen molar-refractivity contribution in [3.05, 3.63) is 22.6 Å². The molecule has 0 aliphatic heterocycles. The van der Waals surface area contributed by atoms with Gasteiger partial charge < -0.3 is 14.8 Å². The molecule has 1 aromatic heterocycles. The molecule has 3 nitrogen and oxygen atoms in total. The third-order valence-corrected chi connectivity index (χ3v) is 3.23. The Bertz CT molecular complexity index is 275. The zero-order valence-corrected chi connectivity index (χ0v) is 10.6. The Morgan fingerprint density at radius 2 is 2.40 bits per heavy atom. The van der Waals surface area contributed by atoms with Gasteiger partial charge in [0.2, 0.25) is 0 Å². The van der Waals surface area contributed by atoms with E-state index in [4.69, 9.17) is 9.52 Å². The maximum Gasteiger partial charge on any atom is 0.131 e. The smallest absolute Gasteiger partial charge is 0.131 e. The molecule has 0 radical (unpaired) electrons. The normalized spacial score (nSPS) is 13.0. The van der Waals surface area contributed by atoms with Crippen LogP contribution >= 0.6 is 15.9 Å². The van der Waals surface area contributed by atoms with E-state index in [0.717, 1.165) is 36.2 Å². The molecule has 0 bridgehead atoms. The first-order chi connectivity index (χ1) is 7.27. The molecule has 1 unspecified atom stereocenters. The Kier molecular flexibility index (Phi) is 5.98. The van der Waals surface area contributed by atoms with Crippen molar-refractivity contribution in [2.24, 2.45) is 5.92 Å². The first-order valence-electron chi connectivity index (χ1n) is 5.31. The summed E-state index contributed by atoms with van der Waals surface area (Å²) in [6, 6.07) is 1.89. The van der Waals surface area contributed by atoms with Crippen LogP contribution in [0.4, 0.5) is 0 Å². The van der Waals surface area contributed by atoms with Gasteiger partial charge in [0, 0.05) is 6.61 Å². The van der Waals surface area contributed by atoms with Crippen molar-refractivity contribution in [2.75, 3.05) is 13.2 Å². The highest BCUT2D eigenvalue weighted by molar-refractivity contribution is 9.10. The third kappa shape index (κ3) is 4.36. The highest BCUT2D eigenvalue weighted by atomic mass is 79.9. The summed E-state index contributed by atoms with van der Waals surface area (Å²) in [6.45, 7) is 4.06. The Hall–Kier alpha value is -0.320. The van der Waals surface area contributed by atoms with Gasteiger partial charge in [-0.2, -0.15) is 0 Å². The highest BCUT2D eigenvalue weighted by Gasteiger charge is 2.07. The van der Waals surface area contributed by atoms with Gasteiger partial charge >= 0.3 is 0 Å². The number of aliphatic hydroxyl groups is 1. The van der Waals surface area contributed by atoms with Crippen LogP contribution in [0.5, 0.6) is 0 Å². The maximum atomic E-state index is 8.84. The molecule has 1 rings (SSSR count). The summed E-state index contributed by atoms with van der Waals surface area (Å²) in [4.78, 5) is 0. The zero-order chi connectivity index (χ0) is 11.1. The molecule has 15 heavy (non-hydrogen) atoms. The van der Waals surface area contributed by atoms with Gasteiger partial charge in [-0.05, 0) is 40.9 Å². The average Bonchev–Trinajstić information content (AvgIpc) is 2.63. The van der Waals surface area contributed by atoms with Gasteiger partial charge in [-0.15, -0.1) is 0 Å². The van der Waals surface area contributed by atoms with Gasteiger partial charge in [0.1, 0.15) is 5.76 Å². The second kappa shape index (κ2) is 7.04. The molecule has 0 amide bonds. The fourth-order valence-electron chi connectivity index (χ4n) is 1.47. The van der Waals surface area contributed by atoms with Gasteiger partial charge in [0.05, 0.1) is 17.3 Å². The lowest BCUT2D eigenvalue weighted by Crippen LogP contribution is -2.22. The van der Waals surface area contributed by atoms with Crippen LogP contribution in [-0.4, -0.2) is 18.3 Å².